The van der Waals surface area contributed by atoms with Crippen LogP contribution in [0, 0.1) is 0 Å². The molecule has 48 heavy (non-hydrogen) atoms. The van der Waals surface area contributed by atoms with E-state index in [9.17, 15) is 0 Å². The highest BCUT2D eigenvalue weighted by Crippen LogP contribution is 2.45. The van der Waals surface area contributed by atoms with Gasteiger partial charge in [-0.2, -0.15) is 0 Å². The fourth-order valence-electron chi connectivity index (χ4n) is 8.06. The average Bonchev–Trinajstić information content (AvgIpc) is 3.70. The van der Waals surface area contributed by atoms with Crippen LogP contribution in [-0.2, 0) is 0 Å². The highest BCUT2D eigenvalue weighted by Gasteiger charge is 2.17. The van der Waals surface area contributed by atoms with Crippen molar-refractivity contribution < 1.29 is 4.42 Å². The van der Waals surface area contributed by atoms with Gasteiger partial charge in [0.25, 0.3) is 0 Å². The second-order valence-corrected chi connectivity index (χ2v) is 13.9. The van der Waals surface area contributed by atoms with Crippen LogP contribution in [0.5, 0.6) is 0 Å². The molecule has 2 heterocycles. The van der Waals surface area contributed by atoms with Crippen LogP contribution in [0.2, 0.25) is 0 Å². The quantitative estimate of drug-likeness (QED) is 0.174. The lowest BCUT2D eigenvalue weighted by atomic mass is 9.87. The maximum atomic E-state index is 6.21. The molecular weight excluding hydrogens is 601 g/mol. The first-order chi connectivity index (χ1) is 23.8. The normalized spacial score (nSPS) is 12.2. The van der Waals surface area contributed by atoms with Crippen LogP contribution < -0.4 is 0 Å². The number of thiophene rings is 1. The SMILES string of the molecule is c1ccc2c(-c3ccc(-c4ccc5sc6cc7c(ccc8oc9ccccc9c87)cc6c5c4)c4ccccc34)c3ccccc3cc2c1. The van der Waals surface area contributed by atoms with Gasteiger partial charge in [0, 0.05) is 30.9 Å². The van der Waals surface area contributed by atoms with Gasteiger partial charge in [-0.1, -0.05) is 115 Å². The third kappa shape index (κ3) is 3.66. The molecule has 2 aromatic heterocycles. The fraction of sp³-hybridized carbons (Fsp3) is 0. The number of rotatable bonds is 2. The Kier molecular flexibility index (Phi) is 5.32. The van der Waals surface area contributed by atoms with Crippen LogP contribution in [-0.4, -0.2) is 0 Å². The maximum Gasteiger partial charge on any atom is 0.136 e. The van der Waals surface area contributed by atoms with Crippen LogP contribution >= 0.6 is 11.3 Å². The van der Waals surface area contributed by atoms with Crippen LogP contribution in [0.1, 0.15) is 0 Å². The molecule has 0 bridgehead atoms. The van der Waals surface area contributed by atoms with E-state index in [0.29, 0.717) is 0 Å². The molecule has 0 atom stereocenters. The first kappa shape index (κ1) is 26.1. The number of hydrogen-bond acceptors (Lipinski definition) is 2. The number of para-hydroxylation sites is 1. The minimum Gasteiger partial charge on any atom is -0.456 e. The Morgan fingerprint density at radius 3 is 1.77 bits per heavy atom. The van der Waals surface area contributed by atoms with Crippen molar-refractivity contribution in [3.63, 3.8) is 0 Å². The van der Waals surface area contributed by atoms with E-state index in [1.165, 1.54) is 96.3 Å². The van der Waals surface area contributed by atoms with E-state index in [1.54, 1.807) is 0 Å². The summed E-state index contributed by atoms with van der Waals surface area (Å²) in [6, 6.07) is 57.9. The Labute approximate surface area is 279 Å². The maximum absolute atomic E-state index is 6.21. The minimum absolute atomic E-state index is 0.938. The summed E-state index contributed by atoms with van der Waals surface area (Å²) in [5.74, 6) is 0. The van der Waals surface area contributed by atoms with Gasteiger partial charge in [0.15, 0.2) is 0 Å². The summed E-state index contributed by atoms with van der Waals surface area (Å²) in [6.07, 6.45) is 0. The van der Waals surface area contributed by atoms with E-state index in [2.05, 4.69) is 152 Å². The molecular formula is C46H26OS. The first-order valence-electron chi connectivity index (χ1n) is 16.4. The Hall–Kier alpha value is -5.96. The molecule has 0 aliphatic rings. The van der Waals surface area contributed by atoms with Gasteiger partial charge in [-0.3, -0.25) is 0 Å². The van der Waals surface area contributed by atoms with Gasteiger partial charge in [0.1, 0.15) is 11.2 Å². The largest absolute Gasteiger partial charge is 0.456 e. The van der Waals surface area contributed by atoms with E-state index >= 15 is 0 Å². The van der Waals surface area contributed by atoms with Crippen LogP contribution in [0.25, 0.3) is 107 Å². The predicted molar refractivity (Wildman–Crippen MR) is 208 cm³/mol. The zero-order valence-corrected chi connectivity index (χ0v) is 26.6. The number of furan rings is 1. The van der Waals surface area contributed by atoms with Crippen LogP contribution in [0.4, 0.5) is 0 Å². The molecule has 0 amide bonds. The average molecular weight is 627 g/mol. The number of hydrogen-bond donors (Lipinski definition) is 0. The molecule has 0 saturated heterocycles. The molecule has 11 aromatic rings. The van der Waals surface area contributed by atoms with Crippen molar-refractivity contribution in [3.8, 4) is 22.3 Å². The van der Waals surface area contributed by atoms with Crippen molar-refractivity contribution in [2.75, 3.05) is 0 Å². The molecule has 0 fully saturated rings. The summed E-state index contributed by atoms with van der Waals surface area (Å²) in [7, 11) is 0. The Morgan fingerprint density at radius 2 is 0.979 bits per heavy atom. The molecule has 2 heteroatoms. The third-order valence-corrected chi connectivity index (χ3v) is 11.4. The molecule has 0 radical (unpaired) electrons. The van der Waals surface area contributed by atoms with E-state index in [4.69, 9.17) is 4.42 Å². The standard InChI is InChI=1S/C46H26OS/c1-3-11-32-27(9-1)23-28-10-2-4-12-33(28)45(32)36-20-19-31(34-13-5-6-14-35(34)36)29-18-22-43-39(24-29)40-25-30-17-21-42-46(38(30)26-44(40)48-43)37-15-7-8-16-41(37)47-42/h1-26H. The Balaban J connectivity index is 1.13. The highest BCUT2D eigenvalue weighted by molar-refractivity contribution is 7.25. The number of benzene rings is 9. The van der Waals surface area contributed by atoms with E-state index in [-0.39, 0.29) is 0 Å². The van der Waals surface area contributed by atoms with Gasteiger partial charge in [0.2, 0.25) is 0 Å². The van der Waals surface area contributed by atoms with Crippen molar-refractivity contribution in [2.24, 2.45) is 0 Å². The van der Waals surface area contributed by atoms with E-state index in [0.717, 1.165) is 11.2 Å². The van der Waals surface area contributed by atoms with Crippen molar-refractivity contribution in [1.29, 1.82) is 0 Å². The summed E-state index contributed by atoms with van der Waals surface area (Å²) in [5.41, 5.74) is 6.95. The van der Waals surface area contributed by atoms with Gasteiger partial charge < -0.3 is 4.42 Å². The molecule has 222 valence electrons. The molecule has 0 saturated carbocycles. The van der Waals surface area contributed by atoms with Crippen LogP contribution in [0.15, 0.2) is 162 Å². The molecule has 0 aliphatic carbocycles. The second-order valence-electron chi connectivity index (χ2n) is 12.8. The van der Waals surface area contributed by atoms with Crippen molar-refractivity contribution in [2.45, 2.75) is 0 Å². The molecule has 11 rings (SSSR count). The fourth-order valence-corrected chi connectivity index (χ4v) is 9.17. The van der Waals surface area contributed by atoms with Crippen molar-refractivity contribution >= 4 is 96.5 Å². The molecule has 9 aromatic carbocycles. The van der Waals surface area contributed by atoms with E-state index < -0.39 is 0 Å². The summed E-state index contributed by atoms with van der Waals surface area (Å²) in [5, 5.41) is 15.1. The molecule has 0 aliphatic heterocycles. The van der Waals surface area contributed by atoms with Gasteiger partial charge in [-0.25, -0.2) is 0 Å². The van der Waals surface area contributed by atoms with Crippen LogP contribution in [0.3, 0.4) is 0 Å². The molecule has 1 nitrogen and oxygen atoms in total. The molecule has 0 N–H and O–H groups in total. The summed E-state index contributed by atoms with van der Waals surface area (Å²) >= 11 is 1.87. The summed E-state index contributed by atoms with van der Waals surface area (Å²) < 4.78 is 8.82. The first-order valence-corrected chi connectivity index (χ1v) is 17.2. The third-order valence-electron chi connectivity index (χ3n) is 10.2. The lowest BCUT2D eigenvalue weighted by Crippen LogP contribution is -1.89. The topological polar surface area (TPSA) is 13.1 Å². The lowest BCUT2D eigenvalue weighted by molar-refractivity contribution is 0.669. The predicted octanol–water partition coefficient (Wildman–Crippen LogP) is 13.9. The van der Waals surface area contributed by atoms with Gasteiger partial charge >= 0.3 is 0 Å². The van der Waals surface area contributed by atoms with Gasteiger partial charge in [-0.15, -0.1) is 11.3 Å². The molecule has 0 unspecified atom stereocenters. The monoisotopic (exact) mass is 626 g/mol. The summed E-state index contributed by atoms with van der Waals surface area (Å²) in [4.78, 5) is 0. The lowest BCUT2D eigenvalue weighted by Gasteiger charge is -2.16. The smallest absolute Gasteiger partial charge is 0.136 e. The van der Waals surface area contributed by atoms with Crippen molar-refractivity contribution in [1.82, 2.24) is 0 Å². The summed E-state index contributed by atoms with van der Waals surface area (Å²) in [6.45, 7) is 0. The van der Waals surface area contributed by atoms with E-state index in [1.807, 2.05) is 17.4 Å². The van der Waals surface area contributed by atoms with Gasteiger partial charge in [-0.05, 0) is 108 Å². The number of fused-ring (bicyclic) bond motifs is 11. The Morgan fingerprint density at radius 1 is 0.354 bits per heavy atom. The zero-order chi connectivity index (χ0) is 31.3. The highest BCUT2D eigenvalue weighted by atomic mass is 32.1. The second kappa shape index (κ2) is 9.78. The van der Waals surface area contributed by atoms with Gasteiger partial charge in [0.05, 0.1) is 0 Å². The zero-order valence-electron chi connectivity index (χ0n) is 25.8. The molecule has 0 spiro atoms. The Bertz CT molecular complexity index is 3070. The van der Waals surface area contributed by atoms with Crippen molar-refractivity contribution in [3.05, 3.63) is 158 Å². The minimum atomic E-state index is 0.938.